The van der Waals surface area contributed by atoms with Gasteiger partial charge in [-0.3, -0.25) is 4.98 Å². The molecule has 4 aromatic rings. The molecule has 8 heteroatoms. The minimum Gasteiger partial charge on any atom is -0.265 e. The van der Waals surface area contributed by atoms with Gasteiger partial charge in [-0.2, -0.15) is 0 Å². The Morgan fingerprint density at radius 3 is 2.65 bits per heavy atom. The predicted octanol–water partition coefficient (Wildman–Crippen LogP) is 4.31. The van der Waals surface area contributed by atoms with Crippen molar-refractivity contribution < 1.29 is 8.42 Å². The average molecular weight is 400 g/mol. The van der Waals surface area contributed by atoms with Crippen molar-refractivity contribution in [2.45, 2.75) is 14.8 Å². The van der Waals surface area contributed by atoms with Crippen molar-refractivity contribution in [1.29, 1.82) is 0 Å². The third kappa shape index (κ3) is 3.35. The lowest BCUT2D eigenvalue weighted by atomic mass is 10.1. The van der Waals surface area contributed by atoms with E-state index in [4.69, 9.17) is 0 Å². The highest BCUT2D eigenvalue weighted by molar-refractivity contribution is 7.99. The Labute approximate surface area is 159 Å². The number of sulfone groups is 1. The van der Waals surface area contributed by atoms with Crippen LogP contribution in [0, 0.1) is 0 Å². The Hall–Kier alpha value is -2.29. The van der Waals surface area contributed by atoms with Crippen molar-refractivity contribution in [1.82, 2.24) is 15.0 Å². The van der Waals surface area contributed by atoms with Crippen LogP contribution in [0.15, 0.2) is 75.3 Å². The summed E-state index contributed by atoms with van der Waals surface area (Å²) in [4.78, 5) is 15.1. The molecule has 3 aromatic heterocycles. The topological polar surface area (TPSA) is 72.8 Å². The van der Waals surface area contributed by atoms with Crippen LogP contribution in [0.5, 0.6) is 0 Å². The molecule has 0 fully saturated rings. The molecular weight excluding hydrogens is 386 g/mol. The van der Waals surface area contributed by atoms with Crippen LogP contribution in [0.1, 0.15) is 0 Å². The number of hydrogen-bond acceptors (Lipinski definition) is 7. The molecule has 0 unspecified atom stereocenters. The molecule has 0 aliphatic carbocycles. The number of benzene rings is 1. The molecular formula is C18H13N3O2S3. The Morgan fingerprint density at radius 2 is 1.88 bits per heavy atom. The number of thiophene rings is 1. The van der Waals surface area contributed by atoms with Gasteiger partial charge in [0.1, 0.15) is 16.2 Å². The van der Waals surface area contributed by atoms with Crippen LogP contribution in [0.4, 0.5) is 0 Å². The number of hydrogen-bond donors (Lipinski definition) is 0. The van der Waals surface area contributed by atoms with Gasteiger partial charge in [-0.25, -0.2) is 18.4 Å². The molecule has 0 spiro atoms. The lowest BCUT2D eigenvalue weighted by Crippen LogP contribution is -1.96. The summed E-state index contributed by atoms with van der Waals surface area (Å²) in [5.41, 5.74) is 1.78. The van der Waals surface area contributed by atoms with E-state index >= 15 is 0 Å². The molecule has 0 amide bonds. The largest absolute Gasteiger partial charge is 0.265 e. The minimum absolute atomic E-state index is 0.300. The van der Waals surface area contributed by atoms with E-state index in [0.717, 1.165) is 31.3 Å². The van der Waals surface area contributed by atoms with Crippen LogP contribution in [0.2, 0.25) is 0 Å². The van der Waals surface area contributed by atoms with E-state index in [0.29, 0.717) is 4.90 Å². The van der Waals surface area contributed by atoms with E-state index in [-0.39, 0.29) is 0 Å². The van der Waals surface area contributed by atoms with Gasteiger partial charge in [-0.15, -0.1) is 11.3 Å². The quantitative estimate of drug-likeness (QED) is 0.476. The first-order chi connectivity index (χ1) is 12.5. The van der Waals surface area contributed by atoms with Crippen LogP contribution in [0.3, 0.4) is 0 Å². The van der Waals surface area contributed by atoms with Crippen molar-refractivity contribution in [3.05, 3.63) is 60.5 Å². The summed E-state index contributed by atoms with van der Waals surface area (Å²) >= 11 is 3.06. The third-order valence-electron chi connectivity index (χ3n) is 3.77. The fraction of sp³-hybridized carbons (Fsp3) is 0.0556. The van der Waals surface area contributed by atoms with Gasteiger partial charge in [-0.05, 0) is 29.8 Å². The third-order valence-corrected chi connectivity index (χ3v) is 6.78. The molecule has 4 rings (SSSR count). The monoisotopic (exact) mass is 399 g/mol. The normalized spacial score (nSPS) is 11.7. The molecule has 0 saturated carbocycles. The fourth-order valence-corrected chi connectivity index (χ4v) is 5.09. The molecule has 1 aromatic carbocycles. The van der Waals surface area contributed by atoms with E-state index in [9.17, 15) is 8.42 Å². The first-order valence-electron chi connectivity index (χ1n) is 7.63. The van der Waals surface area contributed by atoms with E-state index < -0.39 is 9.84 Å². The van der Waals surface area contributed by atoms with Crippen LogP contribution >= 0.6 is 23.1 Å². The first kappa shape index (κ1) is 17.1. The molecule has 0 aliphatic rings. The van der Waals surface area contributed by atoms with Gasteiger partial charge in [0.2, 0.25) is 0 Å². The maximum Gasteiger partial charge on any atom is 0.175 e. The molecule has 0 aliphatic heterocycles. The van der Waals surface area contributed by atoms with Crippen molar-refractivity contribution >= 4 is 43.2 Å². The van der Waals surface area contributed by atoms with Gasteiger partial charge < -0.3 is 0 Å². The fourth-order valence-electron chi connectivity index (χ4n) is 2.55. The van der Waals surface area contributed by atoms with Crippen molar-refractivity contribution in [2.75, 3.05) is 6.26 Å². The van der Waals surface area contributed by atoms with Crippen LogP contribution in [0.25, 0.3) is 21.3 Å². The second-order valence-electron chi connectivity index (χ2n) is 5.59. The highest BCUT2D eigenvalue weighted by Gasteiger charge is 2.16. The summed E-state index contributed by atoms with van der Waals surface area (Å²) in [5.74, 6) is 0. The lowest BCUT2D eigenvalue weighted by molar-refractivity contribution is 0.602. The molecule has 3 heterocycles. The molecule has 0 saturated heterocycles. The summed E-state index contributed by atoms with van der Waals surface area (Å²) in [6, 6.07) is 10.8. The molecule has 26 heavy (non-hydrogen) atoms. The molecule has 5 nitrogen and oxygen atoms in total. The predicted molar refractivity (Wildman–Crippen MR) is 104 cm³/mol. The van der Waals surface area contributed by atoms with Crippen molar-refractivity contribution in [3.8, 4) is 11.1 Å². The Balaban J connectivity index is 1.87. The van der Waals surface area contributed by atoms with E-state index in [2.05, 4.69) is 15.0 Å². The zero-order valence-corrected chi connectivity index (χ0v) is 16.1. The zero-order chi connectivity index (χ0) is 18.1. The van der Waals surface area contributed by atoms with Gasteiger partial charge in [-0.1, -0.05) is 23.9 Å². The van der Waals surface area contributed by atoms with Gasteiger partial charge in [0.25, 0.3) is 0 Å². The SMILES string of the molecule is CS(=O)(=O)c1cccc(-c2csc3ncnc(Sc4ccncc4)c23)c1. The number of aromatic nitrogens is 3. The smallest absolute Gasteiger partial charge is 0.175 e. The summed E-state index contributed by atoms with van der Waals surface area (Å²) in [7, 11) is -3.27. The van der Waals surface area contributed by atoms with Crippen LogP contribution < -0.4 is 0 Å². The molecule has 0 bridgehead atoms. The average Bonchev–Trinajstić information content (AvgIpc) is 3.07. The van der Waals surface area contributed by atoms with Gasteiger partial charge in [0, 0.05) is 34.5 Å². The van der Waals surface area contributed by atoms with E-state index in [1.807, 2.05) is 23.6 Å². The van der Waals surface area contributed by atoms with E-state index in [1.54, 1.807) is 36.9 Å². The summed E-state index contributed by atoms with van der Waals surface area (Å²) in [6.07, 6.45) is 6.25. The molecule has 0 atom stereocenters. The maximum absolute atomic E-state index is 11.9. The minimum atomic E-state index is -3.27. The van der Waals surface area contributed by atoms with Crippen LogP contribution in [-0.2, 0) is 9.84 Å². The Bertz CT molecular complexity index is 1190. The lowest BCUT2D eigenvalue weighted by Gasteiger charge is -2.06. The zero-order valence-electron chi connectivity index (χ0n) is 13.7. The second kappa shape index (κ2) is 6.79. The second-order valence-corrected chi connectivity index (χ2v) is 9.53. The molecule has 130 valence electrons. The molecule has 0 radical (unpaired) electrons. The molecule has 0 N–H and O–H groups in total. The van der Waals surface area contributed by atoms with Gasteiger partial charge >= 0.3 is 0 Å². The standard InChI is InChI=1S/C18H13N3O2S3/c1-26(22,23)14-4-2-3-12(9-14)15-10-24-17-16(15)18(21-11-20-17)25-13-5-7-19-8-6-13/h2-11H,1H3. The summed E-state index contributed by atoms with van der Waals surface area (Å²) < 4.78 is 23.8. The number of rotatable bonds is 4. The summed E-state index contributed by atoms with van der Waals surface area (Å²) in [6.45, 7) is 0. The van der Waals surface area contributed by atoms with Gasteiger partial charge in [0.05, 0.1) is 10.3 Å². The highest BCUT2D eigenvalue weighted by atomic mass is 32.2. The highest BCUT2D eigenvalue weighted by Crippen LogP contribution is 2.40. The first-order valence-corrected chi connectivity index (χ1v) is 11.2. The number of nitrogens with zero attached hydrogens (tertiary/aromatic N) is 3. The van der Waals surface area contributed by atoms with Crippen LogP contribution in [-0.4, -0.2) is 29.6 Å². The van der Waals surface area contributed by atoms with E-state index in [1.165, 1.54) is 29.4 Å². The van der Waals surface area contributed by atoms with Gasteiger partial charge in [0.15, 0.2) is 9.84 Å². The number of fused-ring (bicyclic) bond motifs is 1. The van der Waals surface area contributed by atoms with Crippen molar-refractivity contribution in [2.24, 2.45) is 0 Å². The summed E-state index contributed by atoms with van der Waals surface area (Å²) in [5, 5.41) is 3.77. The number of pyridine rings is 1. The Kier molecular flexibility index (Phi) is 4.47. The maximum atomic E-state index is 11.9. The Morgan fingerprint density at radius 1 is 1.08 bits per heavy atom. The van der Waals surface area contributed by atoms with Crippen molar-refractivity contribution in [3.63, 3.8) is 0 Å².